The first-order chi connectivity index (χ1) is 9.04. The van der Waals surface area contributed by atoms with Gasteiger partial charge in [-0.15, -0.1) is 0 Å². The quantitative estimate of drug-likeness (QED) is 0.561. The van der Waals surface area contributed by atoms with Crippen molar-refractivity contribution in [2.24, 2.45) is 4.99 Å². The number of nitrogens with zero attached hydrogens (tertiary/aromatic N) is 1. The number of rotatable bonds is 4. The van der Waals surface area contributed by atoms with Crippen LogP contribution in [0.5, 0.6) is 0 Å². The summed E-state index contributed by atoms with van der Waals surface area (Å²) in [5.41, 5.74) is 2.18. The molecule has 1 nitrogen and oxygen atoms in total. The highest BCUT2D eigenvalue weighted by Gasteiger charge is 2.09. The van der Waals surface area contributed by atoms with Gasteiger partial charge in [0.15, 0.2) is 0 Å². The molecule has 0 saturated heterocycles. The number of para-hydroxylation sites is 1. The maximum atomic E-state index is 4.63. The smallest absolute Gasteiger partial charge is 0.0773 e. The van der Waals surface area contributed by atoms with Crippen molar-refractivity contribution < 1.29 is 0 Å². The summed E-state index contributed by atoms with van der Waals surface area (Å²) in [6.45, 7) is 0. The van der Waals surface area contributed by atoms with Crippen molar-refractivity contribution in [2.75, 3.05) is 18.8 Å². The average Bonchev–Trinajstić information content (AvgIpc) is 2.37. The van der Waals surface area contributed by atoms with Crippen LogP contribution in [0.2, 0.25) is 0 Å². The summed E-state index contributed by atoms with van der Waals surface area (Å²) in [7, 11) is 1.29. The van der Waals surface area contributed by atoms with Crippen LogP contribution in [0.3, 0.4) is 0 Å². The van der Waals surface area contributed by atoms with Crippen LogP contribution in [0.4, 0.5) is 5.69 Å². The fourth-order valence-corrected chi connectivity index (χ4v) is 4.50. The summed E-state index contributed by atoms with van der Waals surface area (Å²) in [5.74, 6) is 0. The highest BCUT2D eigenvalue weighted by Crippen LogP contribution is 2.55. The number of hydrogen-bond donors (Lipinski definition) is 0. The largest absolute Gasteiger partial charge is 0.255 e. The van der Waals surface area contributed by atoms with Gasteiger partial charge < -0.3 is 0 Å². The molecule has 19 heavy (non-hydrogen) atoms. The monoisotopic (exact) mass is 289 g/mol. The molecule has 0 bridgehead atoms. The van der Waals surface area contributed by atoms with Crippen LogP contribution in [0.15, 0.2) is 64.5 Å². The van der Waals surface area contributed by atoms with Gasteiger partial charge in [0.1, 0.15) is 0 Å². The molecule has 0 radical (unpaired) electrons. The molecule has 0 aromatic heterocycles. The average molecular weight is 289 g/mol. The second-order valence-electron chi connectivity index (χ2n) is 4.94. The molecule has 0 N–H and O–H groups in total. The molecular formula is C16H19NS2. The predicted octanol–water partition coefficient (Wildman–Crippen LogP) is 5.14. The standard InChI is InChI=1S/C16H19NS2/c1-19(2,3)18-16-12-8-7-11-15(16)17-13-14-9-5-4-6-10-14/h4-13H,1-3H3. The Labute approximate surface area is 120 Å². The first-order valence-electron chi connectivity index (χ1n) is 6.10. The molecule has 100 valence electrons. The van der Waals surface area contributed by atoms with E-state index in [0.717, 1.165) is 11.3 Å². The highest BCUT2D eigenvalue weighted by molar-refractivity contribution is 8.93. The molecule has 0 spiro atoms. The van der Waals surface area contributed by atoms with Crippen LogP contribution in [0.1, 0.15) is 5.56 Å². The van der Waals surface area contributed by atoms with E-state index in [2.05, 4.69) is 54.1 Å². The van der Waals surface area contributed by atoms with Gasteiger partial charge in [-0.2, -0.15) is 9.06 Å². The molecule has 0 unspecified atom stereocenters. The Bertz CT molecular complexity index is 556. The Hall–Kier alpha value is -1.19. The van der Waals surface area contributed by atoms with Gasteiger partial charge >= 0.3 is 0 Å². The minimum Gasteiger partial charge on any atom is -0.255 e. The normalized spacial score (nSPS) is 12.8. The van der Waals surface area contributed by atoms with Crippen LogP contribution in [-0.4, -0.2) is 25.0 Å². The zero-order chi connectivity index (χ0) is 13.7. The van der Waals surface area contributed by atoms with Crippen molar-refractivity contribution in [3.8, 4) is 0 Å². The van der Waals surface area contributed by atoms with Crippen molar-refractivity contribution in [2.45, 2.75) is 4.90 Å². The molecule has 2 aromatic rings. The fourth-order valence-electron chi connectivity index (χ4n) is 1.59. The zero-order valence-corrected chi connectivity index (χ0v) is 13.2. The summed E-state index contributed by atoms with van der Waals surface area (Å²) < 4.78 is 0. The molecule has 0 heterocycles. The lowest BCUT2D eigenvalue weighted by Gasteiger charge is -2.24. The summed E-state index contributed by atoms with van der Waals surface area (Å²) in [4.78, 5) is 5.89. The van der Waals surface area contributed by atoms with Gasteiger partial charge in [0.05, 0.1) is 5.69 Å². The highest BCUT2D eigenvalue weighted by atomic mass is 33.2. The number of hydrogen-bond acceptors (Lipinski definition) is 2. The SMILES string of the molecule is CS(C)(C)Sc1ccccc1N=Cc1ccccc1. The molecule has 2 aromatic carbocycles. The van der Waals surface area contributed by atoms with Gasteiger partial charge in [-0.1, -0.05) is 53.3 Å². The van der Waals surface area contributed by atoms with E-state index in [1.807, 2.05) is 41.3 Å². The molecule has 0 amide bonds. The summed E-state index contributed by atoms with van der Waals surface area (Å²) in [6.07, 6.45) is 8.83. The first-order valence-corrected chi connectivity index (χ1v) is 10.3. The topological polar surface area (TPSA) is 12.4 Å². The van der Waals surface area contributed by atoms with E-state index in [1.54, 1.807) is 0 Å². The summed E-state index contributed by atoms with van der Waals surface area (Å²) in [5, 5.41) is 0. The Morgan fingerprint density at radius 2 is 1.53 bits per heavy atom. The number of aliphatic imine (C=N–C) groups is 1. The van der Waals surface area contributed by atoms with Gasteiger partial charge in [-0.3, -0.25) is 4.99 Å². The third kappa shape index (κ3) is 4.77. The van der Waals surface area contributed by atoms with Gasteiger partial charge in [0.25, 0.3) is 0 Å². The van der Waals surface area contributed by atoms with E-state index in [4.69, 9.17) is 0 Å². The summed E-state index contributed by atoms with van der Waals surface area (Å²) in [6, 6.07) is 18.6. The van der Waals surface area contributed by atoms with Crippen molar-refractivity contribution >= 4 is 31.8 Å². The fraction of sp³-hybridized carbons (Fsp3) is 0.188. The lowest BCUT2D eigenvalue weighted by Crippen LogP contribution is -1.85. The van der Waals surface area contributed by atoms with E-state index in [-0.39, 0.29) is 0 Å². The zero-order valence-electron chi connectivity index (χ0n) is 11.5. The lowest BCUT2D eigenvalue weighted by atomic mass is 10.2. The molecule has 0 fully saturated rings. The van der Waals surface area contributed by atoms with Crippen LogP contribution < -0.4 is 0 Å². The van der Waals surface area contributed by atoms with Crippen molar-refractivity contribution in [1.82, 2.24) is 0 Å². The Balaban J connectivity index is 2.23. The molecule has 0 atom stereocenters. The van der Waals surface area contributed by atoms with E-state index < -0.39 is 9.06 Å². The molecule has 0 saturated carbocycles. The molecule has 0 aliphatic rings. The van der Waals surface area contributed by atoms with Gasteiger partial charge in [0.2, 0.25) is 0 Å². The molecular weight excluding hydrogens is 270 g/mol. The second-order valence-corrected chi connectivity index (χ2v) is 12.5. The Morgan fingerprint density at radius 1 is 0.895 bits per heavy atom. The van der Waals surface area contributed by atoms with Crippen LogP contribution in [0, 0.1) is 0 Å². The third-order valence-electron chi connectivity index (χ3n) is 2.36. The van der Waals surface area contributed by atoms with Crippen molar-refractivity contribution in [3.05, 3.63) is 60.2 Å². The van der Waals surface area contributed by atoms with Crippen molar-refractivity contribution in [3.63, 3.8) is 0 Å². The first kappa shape index (κ1) is 14.2. The lowest BCUT2D eigenvalue weighted by molar-refractivity contribution is 1.39. The molecule has 0 aliphatic heterocycles. The van der Waals surface area contributed by atoms with E-state index >= 15 is 0 Å². The minimum absolute atomic E-state index is 0.640. The van der Waals surface area contributed by atoms with Crippen LogP contribution in [0.25, 0.3) is 0 Å². The maximum Gasteiger partial charge on any atom is 0.0773 e. The minimum atomic E-state index is -0.640. The molecule has 2 rings (SSSR count). The van der Waals surface area contributed by atoms with Gasteiger partial charge in [-0.05, 0) is 36.5 Å². The third-order valence-corrected chi connectivity index (χ3v) is 5.42. The Kier molecular flexibility index (Phi) is 4.72. The van der Waals surface area contributed by atoms with E-state index in [9.17, 15) is 0 Å². The van der Waals surface area contributed by atoms with Crippen molar-refractivity contribution in [1.29, 1.82) is 0 Å². The molecule has 3 heteroatoms. The predicted molar refractivity (Wildman–Crippen MR) is 91.4 cm³/mol. The maximum absolute atomic E-state index is 4.63. The van der Waals surface area contributed by atoms with Gasteiger partial charge in [-0.25, -0.2) is 0 Å². The van der Waals surface area contributed by atoms with E-state index in [1.165, 1.54) is 4.90 Å². The molecule has 0 aliphatic carbocycles. The van der Waals surface area contributed by atoms with Crippen LogP contribution in [-0.2, 0) is 0 Å². The number of benzene rings is 2. The van der Waals surface area contributed by atoms with Crippen LogP contribution >= 0.6 is 19.9 Å². The van der Waals surface area contributed by atoms with E-state index in [0.29, 0.717) is 0 Å². The van der Waals surface area contributed by atoms with Gasteiger partial charge in [0, 0.05) is 11.1 Å². The summed E-state index contributed by atoms with van der Waals surface area (Å²) >= 11 is 0. The second kappa shape index (κ2) is 6.31. The Morgan fingerprint density at radius 3 is 2.21 bits per heavy atom.